The van der Waals surface area contributed by atoms with Crippen LogP contribution in [0.25, 0.3) is 0 Å². The fourth-order valence-corrected chi connectivity index (χ4v) is 3.27. The van der Waals surface area contributed by atoms with E-state index in [-0.39, 0.29) is 18.4 Å². The van der Waals surface area contributed by atoms with Gasteiger partial charge < -0.3 is 10.4 Å². The third-order valence-corrected chi connectivity index (χ3v) is 4.32. The molecule has 108 valence electrons. The molecule has 0 aromatic rings. The van der Waals surface area contributed by atoms with Crippen LogP contribution in [0.5, 0.6) is 0 Å². The molecule has 2 fully saturated rings. The maximum absolute atomic E-state index is 11.6. The second-order valence-electron chi connectivity index (χ2n) is 5.71. The molecule has 1 aliphatic carbocycles. The van der Waals surface area contributed by atoms with Gasteiger partial charge in [-0.1, -0.05) is 25.7 Å². The number of carbonyl (C=O) groups is 2. The third-order valence-electron chi connectivity index (χ3n) is 4.32. The number of carboxylic acids is 1. The van der Waals surface area contributed by atoms with E-state index in [4.69, 9.17) is 5.11 Å². The highest BCUT2D eigenvalue weighted by Crippen LogP contribution is 2.25. The highest BCUT2D eigenvalue weighted by atomic mass is 16.4. The average molecular weight is 268 g/mol. The van der Waals surface area contributed by atoms with Crippen molar-refractivity contribution < 1.29 is 14.7 Å². The average Bonchev–Trinajstić information content (AvgIpc) is 2.65. The van der Waals surface area contributed by atoms with Gasteiger partial charge in [-0.15, -0.1) is 0 Å². The van der Waals surface area contributed by atoms with E-state index >= 15 is 0 Å². The largest absolute Gasteiger partial charge is 0.481 e. The number of piperazine rings is 1. The van der Waals surface area contributed by atoms with Crippen LogP contribution in [0.1, 0.15) is 51.4 Å². The summed E-state index contributed by atoms with van der Waals surface area (Å²) in [6.07, 6.45) is 8.15. The molecule has 0 spiro atoms. The van der Waals surface area contributed by atoms with Crippen molar-refractivity contribution in [1.29, 1.82) is 0 Å². The van der Waals surface area contributed by atoms with Crippen LogP contribution in [0.4, 0.5) is 0 Å². The first-order valence-corrected chi connectivity index (χ1v) is 7.41. The minimum absolute atomic E-state index is 0.0795. The predicted molar refractivity (Wildman–Crippen MR) is 71.9 cm³/mol. The van der Waals surface area contributed by atoms with E-state index in [0.717, 1.165) is 12.8 Å². The molecule has 0 radical (unpaired) electrons. The van der Waals surface area contributed by atoms with Gasteiger partial charge in [-0.2, -0.15) is 0 Å². The summed E-state index contributed by atoms with van der Waals surface area (Å²) >= 11 is 0. The smallest absolute Gasteiger partial charge is 0.303 e. The van der Waals surface area contributed by atoms with Gasteiger partial charge in [0.1, 0.15) is 0 Å². The van der Waals surface area contributed by atoms with Crippen LogP contribution >= 0.6 is 0 Å². The van der Waals surface area contributed by atoms with Gasteiger partial charge in [0.25, 0.3) is 0 Å². The summed E-state index contributed by atoms with van der Waals surface area (Å²) < 4.78 is 0. The van der Waals surface area contributed by atoms with E-state index in [1.807, 2.05) is 0 Å². The molecule has 19 heavy (non-hydrogen) atoms. The van der Waals surface area contributed by atoms with Crippen LogP contribution < -0.4 is 5.32 Å². The summed E-state index contributed by atoms with van der Waals surface area (Å²) in [4.78, 5) is 24.6. The Bertz CT molecular complexity index is 325. The molecule has 1 atom stereocenters. The number of amides is 1. The van der Waals surface area contributed by atoms with E-state index in [9.17, 15) is 9.59 Å². The Balaban J connectivity index is 1.97. The van der Waals surface area contributed by atoms with Crippen LogP contribution in [0.2, 0.25) is 0 Å². The SMILES string of the molecule is O=C(O)CCC1CNC(=O)CN1C1CCCCCC1. The summed E-state index contributed by atoms with van der Waals surface area (Å²) in [6.45, 7) is 1.04. The molecule has 1 heterocycles. The highest BCUT2D eigenvalue weighted by Gasteiger charge is 2.32. The molecule has 2 aliphatic rings. The van der Waals surface area contributed by atoms with Crippen LogP contribution in [-0.4, -0.2) is 47.1 Å². The topological polar surface area (TPSA) is 69.6 Å². The number of nitrogens with one attached hydrogen (secondary N) is 1. The Hall–Kier alpha value is -1.10. The number of carboxylic acid groups (broad SMARTS) is 1. The molecule has 1 amide bonds. The summed E-state index contributed by atoms with van der Waals surface area (Å²) in [5.74, 6) is -0.673. The Morgan fingerprint density at radius 2 is 1.95 bits per heavy atom. The maximum atomic E-state index is 11.6. The van der Waals surface area contributed by atoms with E-state index in [0.29, 0.717) is 25.6 Å². The van der Waals surface area contributed by atoms with E-state index < -0.39 is 5.97 Å². The van der Waals surface area contributed by atoms with Crippen molar-refractivity contribution in [2.45, 2.75) is 63.5 Å². The normalized spacial score (nSPS) is 26.7. The van der Waals surface area contributed by atoms with Gasteiger partial charge >= 0.3 is 5.97 Å². The van der Waals surface area contributed by atoms with Gasteiger partial charge in [-0.05, 0) is 19.3 Å². The fourth-order valence-electron chi connectivity index (χ4n) is 3.27. The van der Waals surface area contributed by atoms with Crippen molar-refractivity contribution in [2.24, 2.45) is 0 Å². The second kappa shape index (κ2) is 6.89. The number of hydrogen-bond acceptors (Lipinski definition) is 3. The first kappa shape index (κ1) is 14.3. The van der Waals surface area contributed by atoms with Crippen LogP contribution in [0, 0.1) is 0 Å². The lowest BCUT2D eigenvalue weighted by atomic mass is 10.00. The zero-order chi connectivity index (χ0) is 13.7. The molecule has 2 rings (SSSR count). The number of carbonyl (C=O) groups excluding carboxylic acids is 1. The quantitative estimate of drug-likeness (QED) is 0.756. The molecule has 5 heteroatoms. The van der Waals surface area contributed by atoms with Crippen LogP contribution in [-0.2, 0) is 9.59 Å². The lowest BCUT2D eigenvalue weighted by molar-refractivity contribution is -0.137. The van der Waals surface area contributed by atoms with Gasteiger partial charge in [-0.25, -0.2) is 0 Å². The van der Waals surface area contributed by atoms with E-state index in [2.05, 4.69) is 10.2 Å². The maximum Gasteiger partial charge on any atom is 0.303 e. The predicted octanol–water partition coefficient (Wildman–Crippen LogP) is 1.37. The molecule has 0 bridgehead atoms. The monoisotopic (exact) mass is 268 g/mol. The molecule has 2 N–H and O–H groups in total. The van der Waals surface area contributed by atoms with Crippen LogP contribution in [0.3, 0.4) is 0 Å². The van der Waals surface area contributed by atoms with E-state index in [1.54, 1.807) is 0 Å². The van der Waals surface area contributed by atoms with Gasteiger partial charge in [0, 0.05) is 25.0 Å². The first-order valence-electron chi connectivity index (χ1n) is 7.41. The molecule has 1 saturated carbocycles. The van der Waals surface area contributed by atoms with Crippen molar-refractivity contribution in [3.05, 3.63) is 0 Å². The number of nitrogens with zero attached hydrogens (tertiary/aromatic N) is 1. The Labute approximate surface area is 114 Å². The Kier molecular flexibility index (Phi) is 5.19. The third kappa shape index (κ3) is 4.20. The van der Waals surface area contributed by atoms with Crippen molar-refractivity contribution >= 4 is 11.9 Å². The number of hydrogen-bond donors (Lipinski definition) is 2. The highest BCUT2D eigenvalue weighted by molar-refractivity contribution is 5.79. The van der Waals surface area contributed by atoms with Crippen molar-refractivity contribution in [3.63, 3.8) is 0 Å². The molecule has 0 aromatic carbocycles. The number of aliphatic carboxylic acids is 1. The minimum Gasteiger partial charge on any atom is -0.481 e. The zero-order valence-electron chi connectivity index (χ0n) is 11.4. The van der Waals surface area contributed by atoms with Crippen molar-refractivity contribution in [2.75, 3.05) is 13.1 Å². The molecular formula is C14H24N2O3. The second-order valence-corrected chi connectivity index (χ2v) is 5.71. The van der Waals surface area contributed by atoms with Crippen molar-refractivity contribution in [1.82, 2.24) is 10.2 Å². The van der Waals surface area contributed by atoms with Crippen LogP contribution in [0.15, 0.2) is 0 Å². The van der Waals surface area contributed by atoms with Gasteiger partial charge in [0.05, 0.1) is 6.54 Å². The molecule has 1 saturated heterocycles. The van der Waals surface area contributed by atoms with Gasteiger partial charge in [-0.3, -0.25) is 14.5 Å². The summed E-state index contributed by atoms with van der Waals surface area (Å²) in [5, 5.41) is 11.7. The molecule has 1 unspecified atom stereocenters. The zero-order valence-corrected chi connectivity index (χ0v) is 11.4. The summed E-state index contributed by atoms with van der Waals surface area (Å²) in [7, 11) is 0. The summed E-state index contributed by atoms with van der Waals surface area (Å²) in [5.41, 5.74) is 0. The molecular weight excluding hydrogens is 244 g/mol. The lowest BCUT2D eigenvalue weighted by Crippen LogP contribution is -2.57. The van der Waals surface area contributed by atoms with Gasteiger partial charge in [0.2, 0.25) is 5.91 Å². The lowest BCUT2D eigenvalue weighted by Gasteiger charge is -2.40. The number of rotatable bonds is 4. The van der Waals surface area contributed by atoms with Crippen molar-refractivity contribution in [3.8, 4) is 0 Å². The standard InChI is InChI=1S/C14H24N2O3/c17-13-10-16(11-5-3-1-2-4-6-11)12(9-15-13)7-8-14(18)19/h11-12H,1-10H2,(H,15,17)(H,18,19). The summed E-state index contributed by atoms with van der Waals surface area (Å²) in [6, 6.07) is 0.657. The van der Waals surface area contributed by atoms with Gasteiger partial charge in [0.15, 0.2) is 0 Å². The molecule has 1 aliphatic heterocycles. The Morgan fingerprint density at radius 3 is 2.58 bits per heavy atom. The fraction of sp³-hybridized carbons (Fsp3) is 0.857. The molecule has 5 nitrogen and oxygen atoms in total. The Morgan fingerprint density at radius 1 is 1.26 bits per heavy atom. The molecule has 0 aromatic heterocycles. The minimum atomic E-state index is -0.752. The first-order chi connectivity index (χ1) is 9.16. The van der Waals surface area contributed by atoms with E-state index in [1.165, 1.54) is 25.7 Å².